The first kappa shape index (κ1) is 15.3. The number of nitrogens with zero attached hydrogens (tertiary/aromatic N) is 1. The van der Waals surface area contributed by atoms with Gasteiger partial charge >= 0.3 is 6.36 Å². The summed E-state index contributed by atoms with van der Waals surface area (Å²) in [4.78, 5) is 2.30. The van der Waals surface area contributed by atoms with Gasteiger partial charge in [0.15, 0.2) is 0 Å². The normalized spacial score (nSPS) is 25.8. The molecule has 2 heterocycles. The smallest absolute Gasteiger partial charge is 0.406 e. The van der Waals surface area contributed by atoms with E-state index in [1.54, 1.807) is 0 Å². The van der Waals surface area contributed by atoms with E-state index in [1.807, 2.05) is 6.08 Å². The van der Waals surface area contributed by atoms with E-state index in [-0.39, 0.29) is 6.04 Å². The van der Waals surface area contributed by atoms with Gasteiger partial charge in [-0.15, -0.1) is 13.2 Å². The van der Waals surface area contributed by atoms with Crippen LogP contribution in [-0.4, -0.2) is 30.4 Å². The molecule has 120 valence electrons. The van der Waals surface area contributed by atoms with Gasteiger partial charge in [-0.3, -0.25) is 4.90 Å². The molecular formula is C16H17F4NO. The van der Waals surface area contributed by atoms with Gasteiger partial charge < -0.3 is 4.74 Å². The lowest BCUT2D eigenvalue weighted by atomic mass is 9.83. The number of ether oxygens (including phenoxy) is 1. The standard InChI is InChI=1S/C16H17F4NO/c1-21-11-3-2-4-12(21)8-10(7-11)14-6-5-13(9-15(14)17)22-16(18,19)20/h5-7,9,11-12H,2-4,8H2,1H3. The highest BCUT2D eigenvalue weighted by molar-refractivity contribution is 5.68. The number of fused-ring (bicyclic) bond motifs is 2. The quantitative estimate of drug-likeness (QED) is 0.752. The van der Waals surface area contributed by atoms with Gasteiger partial charge in [0.25, 0.3) is 0 Å². The number of rotatable bonds is 2. The molecule has 0 spiro atoms. The Kier molecular flexibility index (Phi) is 3.89. The average molecular weight is 315 g/mol. The molecule has 0 radical (unpaired) electrons. The summed E-state index contributed by atoms with van der Waals surface area (Å²) in [5, 5.41) is 0. The van der Waals surface area contributed by atoms with Crippen molar-refractivity contribution in [2.75, 3.05) is 7.05 Å². The van der Waals surface area contributed by atoms with Crippen molar-refractivity contribution in [2.24, 2.45) is 0 Å². The number of alkyl halides is 3. The van der Waals surface area contributed by atoms with E-state index in [0.717, 1.165) is 37.3 Å². The Morgan fingerprint density at radius 2 is 2.00 bits per heavy atom. The molecule has 1 aromatic carbocycles. The molecule has 2 unspecified atom stereocenters. The Balaban J connectivity index is 1.86. The average Bonchev–Trinajstić information content (AvgIpc) is 2.37. The number of hydrogen-bond acceptors (Lipinski definition) is 2. The van der Waals surface area contributed by atoms with Crippen LogP contribution in [0.1, 0.15) is 31.2 Å². The molecule has 0 amide bonds. The fourth-order valence-electron chi connectivity index (χ4n) is 3.39. The maximum Gasteiger partial charge on any atom is 0.573 e. The Labute approximate surface area is 126 Å². The summed E-state index contributed by atoms with van der Waals surface area (Å²) in [7, 11) is 2.07. The van der Waals surface area contributed by atoms with E-state index in [4.69, 9.17) is 0 Å². The fraction of sp³-hybridized carbons (Fsp3) is 0.500. The molecule has 2 aliphatic rings. The summed E-state index contributed by atoms with van der Waals surface area (Å²) < 4.78 is 54.4. The predicted octanol–water partition coefficient (Wildman–Crippen LogP) is 4.36. The minimum absolute atomic E-state index is 0.285. The van der Waals surface area contributed by atoms with Crippen molar-refractivity contribution in [2.45, 2.75) is 44.1 Å². The van der Waals surface area contributed by atoms with Crippen LogP contribution >= 0.6 is 0 Å². The highest BCUT2D eigenvalue weighted by Crippen LogP contribution is 2.37. The summed E-state index contributed by atoms with van der Waals surface area (Å²) in [6, 6.07) is 4.01. The Morgan fingerprint density at radius 3 is 2.64 bits per heavy atom. The third kappa shape index (κ3) is 3.11. The largest absolute Gasteiger partial charge is 0.573 e. The molecule has 1 saturated heterocycles. The van der Waals surface area contributed by atoms with Gasteiger partial charge in [-0.2, -0.15) is 0 Å². The molecule has 6 heteroatoms. The fourth-order valence-corrected chi connectivity index (χ4v) is 3.39. The number of piperidine rings is 1. The van der Waals surface area contributed by atoms with Crippen LogP contribution in [0.4, 0.5) is 17.6 Å². The first-order valence-corrected chi connectivity index (χ1v) is 7.32. The van der Waals surface area contributed by atoms with Gasteiger partial charge in [-0.05, 0) is 44.0 Å². The topological polar surface area (TPSA) is 12.5 Å². The van der Waals surface area contributed by atoms with Gasteiger partial charge in [-0.25, -0.2) is 4.39 Å². The van der Waals surface area contributed by atoms with Crippen molar-refractivity contribution in [3.8, 4) is 5.75 Å². The molecule has 0 aromatic heterocycles. The van der Waals surface area contributed by atoms with E-state index in [9.17, 15) is 17.6 Å². The highest BCUT2D eigenvalue weighted by atomic mass is 19.4. The third-order valence-corrected chi connectivity index (χ3v) is 4.51. The van der Waals surface area contributed by atoms with E-state index in [1.165, 1.54) is 12.1 Å². The summed E-state index contributed by atoms with van der Waals surface area (Å²) in [6.07, 6.45) is 1.22. The van der Waals surface area contributed by atoms with Crippen LogP contribution in [0, 0.1) is 5.82 Å². The number of likely N-dealkylation sites (N-methyl/N-ethyl adjacent to an activating group) is 1. The summed E-state index contributed by atoms with van der Waals surface area (Å²) in [5.74, 6) is -1.20. The first-order valence-electron chi connectivity index (χ1n) is 7.32. The Morgan fingerprint density at radius 1 is 1.23 bits per heavy atom. The summed E-state index contributed by atoms with van der Waals surface area (Å²) >= 11 is 0. The zero-order valence-electron chi connectivity index (χ0n) is 12.2. The first-order chi connectivity index (χ1) is 10.3. The molecule has 1 aromatic rings. The van der Waals surface area contributed by atoms with Crippen molar-refractivity contribution in [1.29, 1.82) is 0 Å². The van der Waals surface area contributed by atoms with E-state index >= 15 is 0 Å². The lowest BCUT2D eigenvalue weighted by molar-refractivity contribution is -0.274. The van der Waals surface area contributed by atoms with Crippen molar-refractivity contribution in [3.63, 3.8) is 0 Å². The Hall–Kier alpha value is -1.56. The van der Waals surface area contributed by atoms with Gasteiger partial charge in [0.05, 0.1) is 0 Å². The van der Waals surface area contributed by atoms with Gasteiger partial charge in [-0.1, -0.05) is 12.5 Å². The zero-order valence-corrected chi connectivity index (χ0v) is 12.2. The van der Waals surface area contributed by atoms with Crippen LogP contribution < -0.4 is 4.74 Å². The molecule has 2 nitrogen and oxygen atoms in total. The van der Waals surface area contributed by atoms with Gasteiger partial charge in [0.1, 0.15) is 11.6 Å². The van der Waals surface area contributed by atoms with Crippen LogP contribution in [-0.2, 0) is 0 Å². The Bertz CT molecular complexity index is 596. The van der Waals surface area contributed by atoms with E-state index in [0.29, 0.717) is 11.6 Å². The van der Waals surface area contributed by atoms with Gasteiger partial charge in [0.2, 0.25) is 0 Å². The second-order valence-electron chi connectivity index (χ2n) is 5.90. The minimum Gasteiger partial charge on any atom is -0.406 e. The second-order valence-corrected chi connectivity index (χ2v) is 5.90. The van der Waals surface area contributed by atoms with Crippen molar-refractivity contribution in [1.82, 2.24) is 4.90 Å². The molecular weight excluding hydrogens is 298 g/mol. The molecule has 2 atom stereocenters. The maximum atomic E-state index is 14.2. The monoisotopic (exact) mass is 315 g/mol. The van der Waals surface area contributed by atoms with E-state index in [2.05, 4.69) is 16.7 Å². The van der Waals surface area contributed by atoms with Crippen LogP contribution in [0.3, 0.4) is 0 Å². The maximum absolute atomic E-state index is 14.2. The van der Waals surface area contributed by atoms with Crippen molar-refractivity contribution in [3.05, 3.63) is 35.7 Å². The molecule has 3 rings (SSSR count). The van der Waals surface area contributed by atoms with Crippen LogP contribution in [0.25, 0.3) is 5.57 Å². The molecule has 0 aliphatic carbocycles. The van der Waals surface area contributed by atoms with E-state index < -0.39 is 17.9 Å². The molecule has 2 bridgehead atoms. The molecule has 1 fully saturated rings. The number of benzene rings is 1. The van der Waals surface area contributed by atoms with Gasteiger partial charge in [0, 0.05) is 23.7 Å². The molecule has 2 aliphatic heterocycles. The third-order valence-electron chi connectivity index (χ3n) is 4.51. The predicted molar refractivity (Wildman–Crippen MR) is 74.9 cm³/mol. The molecule has 0 N–H and O–H groups in total. The minimum atomic E-state index is -4.81. The van der Waals surface area contributed by atoms with Crippen LogP contribution in [0.2, 0.25) is 0 Å². The lowest BCUT2D eigenvalue weighted by Gasteiger charge is -2.42. The lowest BCUT2D eigenvalue weighted by Crippen LogP contribution is -2.45. The SMILES string of the molecule is CN1C2C=C(c3ccc(OC(F)(F)F)cc3F)CC1CCC2. The van der Waals surface area contributed by atoms with Crippen LogP contribution in [0.5, 0.6) is 5.75 Å². The number of halogens is 4. The summed E-state index contributed by atoms with van der Waals surface area (Å²) in [6.45, 7) is 0. The van der Waals surface area contributed by atoms with Crippen molar-refractivity contribution < 1.29 is 22.3 Å². The zero-order chi connectivity index (χ0) is 15.9. The molecule has 0 saturated carbocycles. The molecule has 22 heavy (non-hydrogen) atoms. The second kappa shape index (κ2) is 5.57. The van der Waals surface area contributed by atoms with Crippen LogP contribution in [0.15, 0.2) is 24.3 Å². The summed E-state index contributed by atoms with van der Waals surface area (Å²) in [5.41, 5.74) is 1.25. The highest BCUT2D eigenvalue weighted by Gasteiger charge is 2.33. The van der Waals surface area contributed by atoms with Crippen molar-refractivity contribution >= 4 is 5.57 Å². The number of hydrogen-bond donors (Lipinski definition) is 0.